The summed E-state index contributed by atoms with van der Waals surface area (Å²) in [6.07, 6.45) is 2.83. The molecule has 0 bridgehead atoms. The van der Waals surface area contributed by atoms with Crippen molar-refractivity contribution < 1.29 is 4.39 Å². The Morgan fingerprint density at radius 1 is 1.12 bits per heavy atom. The third-order valence-corrected chi connectivity index (χ3v) is 3.85. The van der Waals surface area contributed by atoms with Crippen LogP contribution in [0.2, 0.25) is 5.02 Å². The van der Waals surface area contributed by atoms with Gasteiger partial charge >= 0.3 is 0 Å². The van der Waals surface area contributed by atoms with Crippen LogP contribution in [0.15, 0.2) is 53.9 Å². The summed E-state index contributed by atoms with van der Waals surface area (Å²) in [4.78, 5) is 0. The third kappa shape index (κ3) is 2.44. The van der Waals surface area contributed by atoms with Crippen molar-refractivity contribution >= 4 is 40.1 Å². The van der Waals surface area contributed by atoms with Gasteiger partial charge in [-0.25, -0.2) is 4.39 Å². The highest BCUT2D eigenvalue weighted by Crippen LogP contribution is 2.24. The van der Waals surface area contributed by atoms with Gasteiger partial charge in [0.05, 0.1) is 11.2 Å². The summed E-state index contributed by atoms with van der Waals surface area (Å²) < 4.78 is 15.3. The number of hydrazone groups is 1. The number of aromatic nitrogens is 4. The van der Waals surface area contributed by atoms with E-state index in [4.69, 9.17) is 11.6 Å². The minimum Gasteiger partial charge on any atom is -0.259 e. The number of benzene rings is 2. The van der Waals surface area contributed by atoms with E-state index < -0.39 is 5.82 Å². The lowest BCUT2D eigenvalue weighted by Crippen LogP contribution is -2.01. The lowest BCUT2D eigenvalue weighted by Gasteiger charge is -2.06. The molecule has 0 radical (unpaired) electrons. The standard InChI is InChI=1S/C16H10ClFN6/c17-13-6-3-7-14(18)12(13)8-19-21-15-10-4-1-2-5-11(10)16-22-20-9-24(16)23-15/h1-9H,(H,21,23)/b19-8-. The summed E-state index contributed by atoms with van der Waals surface area (Å²) in [6, 6.07) is 12.1. The summed E-state index contributed by atoms with van der Waals surface area (Å²) in [5.74, 6) is 0.0572. The number of rotatable bonds is 3. The highest BCUT2D eigenvalue weighted by Gasteiger charge is 2.09. The molecule has 24 heavy (non-hydrogen) atoms. The second-order valence-electron chi connectivity index (χ2n) is 5.00. The van der Waals surface area contributed by atoms with Crippen LogP contribution in [0.1, 0.15) is 5.56 Å². The van der Waals surface area contributed by atoms with Crippen molar-refractivity contribution in [1.82, 2.24) is 19.8 Å². The number of hydrogen-bond donors (Lipinski definition) is 1. The zero-order chi connectivity index (χ0) is 16.5. The fourth-order valence-corrected chi connectivity index (χ4v) is 2.61. The first-order valence-electron chi connectivity index (χ1n) is 7.06. The average Bonchev–Trinajstić information content (AvgIpc) is 3.06. The van der Waals surface area contributed by atoms with Gasteiger partial charge in [0.1, 0.15) is 12.1 Å². The van der Waals surface area contributed by atoms with Gasteiger partial charge in [0.2, 0.25) is 0 Å². The summed E-state index contributed by atoms with van der Waals surface area (Å²) in [7, 11) is 0. The van der Waals surface area contributed by atoms with E-state index in [0.29, 0.717) is 11.5 Å². The zero-order valence-electron chi connectivity index (χ0n) is 12.2. The molecule has 8 heteroatoms. The second-order valence-corrected chi connectivity index (χ2v) is 5.41. The van der Waals surface area contributed by atoms with Crippen molar-refractivity contribution in [3.8, 4) is 0 Å². The van der Waals surface area contributed by atoms with Crippen LogP contribution in [-0.4, -0.2) is 26.0 Å². The van der Waals surface area contributed by atoms with Crippen LogP contribution in [-0.2, 0) is 0 Å². The van der Waals surface area contributed by atoms with Crippen LogP contribution < -0.4 is 5.43 Å². The Morgan fingerprint density at radius 3 is 2.79 bits per heavy atom. The molecule has 0 saturated heterocycles. The van der Waals surface area contributed by atoms with Gasteiger partial charge in [-0.15, -0.1) is 15.3 Å². The zero-order valence-corrected chi connectivity index (χ0v) is 12.9. The largest absolute Gasteiger partial charge is 0.259 e. The third-order valence-electron chi connectivity index (χ3n) is 3.53. The number of nitrogens with zero attached hydrogens (tertiary/aromatic N) is 5. The minimum atomic E-state index is -0.444. The van der Waals surface area contributed by atoms with Crippen molar-refractivity contribution in [2.24, 2.45) is 5.10 Å². The molecule has 6 nitrogen and oxygen atoms in total. The van der Waals surface area contributed by atoms with Crippen LogP contribution in [0, 0.1) is 5.82 Å². The molecule has 0 amide bonds. The quantitative estimate of drug-likeness (QED) is 0.458. The van der Waals surface area contributed by atoms with Crippen molar-refractivity contribution in [1.29, 1.82) is 0 Å². The van der Waals surface area contributed by atoms with Crippen molar-refractivity contribution in [3.63, 3.8) is 0 Å². The highest BCUT2D eigenvalue weighted by atomic mass is 35.5. The molecule has 2 heterocycles. The Hall–Kier alpha value is -3.06. The molecule has 0 unspecified atom stereocenters. The molecule has 0 aliphatic rings. The number of hydrogen-bond acceptors (Lipinski definition) is 5. The Balaban J connectivity index is 1.75. The predicted octanol–water partition coefficient (Wildman–Crippen LogP) is 3.52. The van der Waals surface area contributed by atoms with E-state index in [-0.39, 0.29) is 10.6 Å². The van der Waals surface area contributed by atoms with Gasteiger partial charge < -0.3 is 0 Å². The molecule has 4 aromatic rings. The fraction of sp³-hybridized carbons (Fsp3) is 0. The molecule has 0 aliphatic heterocycles. The number of nitrogens with one attached hydrogen (secondary N) is 1. The summed E-state index contributed by atoms with van der Waals surface area (Å²) in [5, 5.41) is 18.3. The van der Waals surface area contributed by atoms with Gasteiger partial charge in [-0.2, -0.15) is 9.62 Å². The van der Waals surface area contributed by atoms with Crippen LogP contribution >= 0.6 is 11.6 Å². The topological polar surface area (TPSA) is 67.5 Å². The maximum Gasteiger partial charge on any atom is 0.185 e. The molecule has 0 fully saturated rings. The molecule has 1 N–H and O–H groups in total. The first-order chi connectivity index (χ1) is 11.7. The molecular weight excluding hydrogens is 331 g/mol. The molecule has 4 rings (SSSR count). The Labute approximate surface area is 140 Å². The van der Waals surface area contributed by atoms with Gasteiger partial charge in [-0.05, 0) is 12.1 Å². The monoisotopic (exact) mass is 340 g/mol. The van der Waals surface area contributed by atoms with Crippen LogP contribution in [0.5, 0.6) is 0 Å². The fourth-order valence-electron chi connectivity index (χ4n) is 2.40. The Morgan fingerprint density at radius 2 is 1.96 bits per heavy atom. The number of anilines is 1. The second kappa shape index (κ2) is 5.86. The molecule has 2 aromatic heterocycles. The van der Waals surface area contributed by atoms with E-state index in [2.05, 4.69) is 25.8 Å². The van der Waals surface area contributed by atoms with Crippen LogP contribution in [0.3, 0.4) is 0 Å². The van der Waals surface area contributed by atoms with Gasteiger partial charge in [0.15, 0.2) is 11.5 Å². The summed E-state index contributed by atoms with van der Waals surface area (Å²) in [5.41, 5.74) is 3.69. The summed E-state index contributed by atoms with van der Waals surface area (Å²) >= 11 is 5.97. The number of halogens is 2. The van der Waals surface area contributed by atoms with Gasteiger partial charge in [-0.1, -0.05) is 41.9 Å². The molecule has 0 spiro atoms. The van der Waals surface area contributed by atoms with Gasteiger partial charge in [-0.3, -0.25) is 5.43 Å². The predicted molar refractivity (Wildman–Crippen MR) is 90.9 cm³/mol. The number of fused-ring (bicyclic) bond motifs is 3. The van der Waals surface area contributed by atoms with Crippen LogP contribution in [0.4, 0.5) is 10.2 Å². The van der Waals surface area contributed by atoms with E-state index >= 15 is 0 Å². The molecular formula is C16H10ClFN6. The molecule has 118 valence electrons. The van der Waals surface area contributed by atoms with Gasteiger partial charge in [0, 0.05) is 16.3 Å². The smallest absolute Gasteiger partial charge is 0.185 e. The van der Waals surface area contributed by atoms with E-state index in [0.717, 1.165) is 10.8 Å². The Bertz CT molecular complexity index is 1050. The van der Waals surface area contributed by atoms with E-state index in [1.165, 1.54) is 24.7 Å². The normalized spacial score (nSPS) is 11.6. The maximum absolute atomic E-state index is 13.8. The van der Waals surface area contributed by atoms with Crippen molar-refractivity contribution in [2.75, 3.05) is 5.43 Å². The summed E-state index contributed by atoms with van der Waals surface area (Å²) in [6.45, 7) is 0. The molecule has 0 saturated carbocycles. The molecule has 2 aromatic carbocycles. The highest BCUT2D eigenvalue weighted by molar-refractivity contribution is 6.33. The molecule has 0 atom stereocenters. The van der Waals surface area contributed by atoms with E-state index in [1.807, 2.05) is 24.3 Å². The van der Waals surface area contributed by atoms with Crippen molar-refractivity contribution in [3.05, 3.63) is 65.2 Å². The van der Waals surface area contributed by atoms with E-state index in [9.17, 15) is 4.39 Å². The Kier molecular flexibility index (Phi) is 3.55. The SMILES string of the molecule is Fc1cccc(Cl)c1/C=N\Nc1nn2cnnc2c2ccccc12. The average molecular weight is 341 g/mol. The van der Waals surface area contributed by atoms with E-state index in [1.54, 1.807) is 10.6 Å². The van der Waals surface area contributed by atoms with Gasteiger partial charge in [0.25, 0.3) is 0 Å². The van der Waals surface area contributed by atoms with Crippen molar-refractivity contribution in [2.45, 2.75) is 0 Å². The lowest BCUT2D eigenvalue weighted by molar-refractivity contribution is 0.626. The maximum atomic E-state index is 13.8. The lowest BCUT2D eigenvalue weighted by atomic mass is 10.2. The first kappa shape index (κ1) is 14.5. The minimum absolute atomic E-state index is 0.210. The van der Waals surface area contributed by atoms with Crippen LogP contribution in [0.25, 0.3) is 16.4 Å². The molecule has 0 aliphatic carbocycles. The first-order valence-corrected chi connectivity index (χ1v) is 7.43.